The summed E-state index contributed by atoms with van der Waals surface area (Å²) in [5.74, 6) is 0.559. The first-order chi connectivity index (χ1) is 8.74. The number of amides is 1. The number of rotatable bonds is 1. The quantitative estimate of drug-likeness (QED) is 0.761. The molecule has 1 aromatic rings. The van der Waals surface area contributed by atoms with Gasteiger partial charge >= 0.3 is 0 Å². The lowest BCUT2D eigenvalue weighted by Crippen LogP contribution is -2.49. The standard InChI is InChI=1S/C13H19N3OS/c1-15-4-6-16(7-5-15)13(17)10-2-3-11-12(8-10)18-9-14-11/h9-10H,2-8H2,1H3. The minimum atomic E-state index is 0.196. The number of thiazole rings is 1. The summed E-state index contributed by atoms with van der Waals surface area (Å²) in [5.41, 5.74) is 3.13. The lowest BCUT2D eigenvalue weighted by atomic mass is 9.90. The van der Waals surface area contributed by atoms with E-state index in [1.165, 1.54) is 10.6 Å². The summed E-state index contributed by atoms with van der Waals surface area (Å²) < 4.78 is 0. The molecule has 1 aliphatic carbocycles. The minimum Gasteiger partial charge on any atom is -0.340 e. The molecule has 0 aromatic carbocycles. The fourth-order valence-corrected chi connectivity index (χ4v) is 3.69. The van der Waals surface area contributed by atoms with Gasteiger partial charge in [-0.1, -0.05) is 0 Å². The smallest absolute Gasteiger partial charge is 0.226 e. The summed E-state index contributed by atoms with van der Waals surface area (Å²) in [5, 5.41) is 0. The number of fused-ring (bicyclic) bond motifs is 1. The number of likely N-dealkylation sites (N-methyl/N-ethyl adjacent to an activating group) is 1. The first kappa shape index (κ1) is 12.1. The number of hydrogen-bond acceptors (Lipinski definition) is 4. The average Bonchev–Trinajstić information content (AvgIpc) is 2.86. The summed E-state index contributed by atoms with van der Waals surface area (Å²) in [4.78, 5) is 22.5. The van der Waals surface area contributed by atoms with E-state index in [4.69, 9.17) is 0 Å². The molecule has 2 heterocycles. The van der Waals surface area contributed by atoms with E-state index in [1.54, 1.807) is 11.3 Å². The molecule has 98 valence electrons. The molecule has 0 saturated carbocycles. The zero-order valence-electron chi connectivity index (χ0n) is 10.8. The van der Waals surface area contributed by atoms with Crippen LogP contribution in [0.1, 0.15) is 17.0 Å². The van der Waals surface area contributed by atoms with E-state index in [1.807, 2.05) is 5.51 Å². The molecule has 1 atom stereocenters. The SMILES string of the molecule is CN1CCN(C(=O)C2CCc3ncsc3C2)CC1. The molecular formula is C13H19N3OS. The van der Waals surface area contributed by atoms with Gasteiger partial charge in [0.25, 0.3) is 0 Å². The molecule has 1 aromatic heterocycles. The Labute approximate surface area is 112 Å². The van der Waals surface area contributed by atoms with Crippen molar-refractivity contribution in [2.24, 2.45) is 5.92 Å². The highest BCUT2D eigenvalue weighted by Crippen LogP contribution is 2.28. The molecule has 0 N–H and O–H groups in total. The van der Waals surface area contributed by atoms with Crippen LogP contribution in [0.3, 0.4) is 0 Å². The Hall–Kier alpha value is -0.940. The first-order valence-corrected chi connectivity index (χ1v) is 7.50. The predicted molar refractivity (Wildman–Crippen MR) is 71.7 cm³/mol. The van der Waals surface area contributed by atoms with E-state index in [0.717, 1.165) is 45.4 Å². The van der Waals surface area contributed by atoms with Crippen molar-refractivity contribution in [2.75, 3.05) is 33.2 Å². The molecule has 0 spiro atoms. The van der Waals surface area contributed by atoms with Crippen molar-refractivity contribution in [1.82, 2.24) is 14.8 Å². The lowest BCUT2D eigenvalue weighted by molar-refractivity contribution is -0.137. The van der Waals surface area contributed by atoms with Gasteiger partial charge in [-0.25, -0.2) is 4.98 Å². The Morgan fingerprint density at radius 2 is 2.17 bits per heavy atom. The second kappa shape index (κ2) is 4.97. The topological polar surface area (TPSA) is 36.4 Å². The molecule has 5 heteroatoms. The summed E-state index contributed by atoms with van der Waals surface area (Å²) in [6, 6.07) is 0. The number of nitrogens with zero attached hydrogens (tertiary/aromatic N) is 3. The molecule has 3 rings (SSSR count). The number of carbonyl (C=O) groups is 1. The van der Waals surface area contributed by atoms with Gasteiger partial charge in [0.1, 0.15) is 0 Å². The van der Waals surface area contributed by atoms with Crippen molar-refractivity contribution in [3.63, 3.8) is 0 Å². The number of carbonyl (C=O) groups excluding carboxylic acids is 1. The van der Waals surface area contributed by atoms with E-state index in [0.29, 0.717) is 5.91 Å². The van der Waals surface area contributed by atoms with Crippen molar-refractivity contribution < 1.29 is 4.79 Å². The summed E-state index contributed by atoms with van der Waals surface area (Å²) in [6.07, 6.45) is 2.86. The van der Waals surface area contributed by atoms with Gasteiger partial charge in [0.15, 0.2) is 0 Å². The number of hydrogen-bond donors (Lipinski definition) is 0. The highest BCUT2D eigenvalue weighted by Gasteiger charge is 2.30. The van der Waals surface area contributed by atoms with Crippen LogP contribution in [-0.2, 0) is 17.6 Å². The number of aromatic nitrogens is 1. The van der Waals surface area contributed by atoms with Crippen LogP contribution in [0.15, 0.2) is 5.51 Å². The molecular weight excluding hydrogens is 246 g/mol. The van der Waals surface area contributed by atoms with Gasteiger partial charge in [0.05, 0.1) is 11.2 Å². The van der Waals surface area contributed by atoms with Crippen molar-refractivity contribution >= 4 is 17.2 Å². The van der Waals surface area contributed by atoms with Gasteiger partial charge < -0.3 is 9.80 Å². The van der Waals surface area contributed by atoms with Crippen LogP contribution in [0.25, 0.3) is 0 Å². The lowest BCUT2D eigenvalue weighted by Gasteiger charge is -2.35. The van der Waals surface area contributed by atoms with E-state index in [2.05, 4.69) is 21.8 Å². The van der Waals surface area contributed by atoms with Gasteiger partial charge in [-0.3, -0.25) is 4.79 Å². The van der Waals surface area contributed by atoms with Crippen LogP contribution in [0, 0.1) is 5.92 Å². The van der Waals surface area contributed by atoms with Crippen molar-refractivity contribution in [3.8, 4) is 0 Å². The van der Waals surface area contributed by atoms with E-state index in [9.17, 15) is 4.79 Å². The van der Waals surface area contributed by atoms with E-state index < -0.39 is 0 Å². The molecule has 0 radical (unpaired) electrons. The highest BCUT2D eigenvalue weighted by molar-refractivity contribution is 7.09. The van der Waals surface area contributed by atoms with Gasteiger partial charge in [-0.15, -0.1) is 11.3 Å². The Morgan fingerprint density at radius 3 is 2.94 bits per heavy atom. The molecule has 4 nitrogen and oxygen atoms in total. The van der Waals surface area contributed by atoms with Crippen LogP contribution < -0.4 is 0 Å². The second-order valence-electron chi connectivity index (χ2n) is 5.29. The molecule has 18 heavy (non-hydrogen) atoms. The van der Waals surface area contributed by atoms with E-state index in [-0.39, 0.29) is 5.92 Å². The van der Waals surface area contributed by atoms with Gasteiger partial charge in [0.2, 0.25) is 5.91 Å². The van der Waals surface area contributed by atoms with Crippen molar-refractivity contribution in [2.45, 2.75) is 19.3 Å². The van der Waals surface area contributed by atoms with Gasteiger partial charge in [-0.2, -0.15) is 0 Å². The maximum atomic E-state index is 12.5. The summed E-state index contributed by atoms with van der Waals surface area (Å²) in [6.45, 7) is 3.79. The molecule has 1 aliphatic heterocycles. The maximum Gasteiger partial charge on any atom is 0.226 e. The summed E-state index contributed by atoms with van der Waals surface area (Å²) >= 11 is 1.70. The van der Waals surface area contributed by atoms with Crippen LogP contribution in [-0.4, -0.2) is 53.9 Å². The zero-order valence-corrected chi connectivity index (χ0v) is 11.6. The molecule has 0 bridgehead atoms. The first-order valence-electron chi connectivity index (χ1n) is 6.62. The Balaban J connectivity index is 1.64. The monoisotopic (exact) mass is 265 g/mol. The third-order valence-electron chi connectivity index (χ3n) is 4.05. The van der Waals surface area contributed by atoms with Crippen molar-refractivity contribution in [1.29, 1.82) is 0 Å². The molecule has 1 amide bonds. The maximum absolute atomic E-state index is 12.5. The molecule has 2 aliphatic rings. The molecule has 1 saturated heterocycles. The fraction of sp³-hybridized carbons (Fsp3) is 0.692. The number of piperazine rings is 1. The Bertz CT molecular complexity index is 437. The zero-order chi connectivity index (χ0) is 12.5. The average molecular weight is 265 g/mol. The largest absolute Gasteiger partial charge is 0.340 e. The highest BCUT2D eigenvalue weighted by atomic mass is 32.1. The Kier molecular flexibility index (Phi) is 3.35. The number of aryl methyl sites for hydroxylation is 1. The molecule has 1 fully saturated rings. The third kappa shape index (κ3) is 2.29. The second-order valence-corrected chi connectivity index (χ2v) is 6.23. The predicted octanol–water partition coefficient (Wildman–Crippen LogP) is 1.02. The summed E-state index contributed by atoms with van der Waals surface area (Å²) in [7, 11) is 2.12. The van der Waals surface area contributed by atoms with Crippen LogP contribution >= 0.6 is 11.3 Å². The normalized spacial score (nSPS) is 24.9. The van der Waals surface area contributed by atoms with Crippen LogP contribution in [0.5, 0.6) is 0 Å². The Morgan fingerprint density at radius 1 is 1.39 bits per heavy atom. The minimum absolute atomic E-state index is 0.196. The van der Waals surface area contributed by atoms with Gasteiger partial charge in [-0.05, 0) is 26.3 Å². The fourth-order valence-electron chi connectivity index (χ4n) is 2.80. The van der Waals surface area contributed by atoms with Crippen LogP contribution in [0.4, 0.5) is 0 Å². The van der Waals surface area contributed by atoms with Crippen molar-refractivity contribution in [3.05, 3.63) is 16.1 Å². The third-order valence-corrected chi connectivity index (χ3v) is 4.95. The van der Waals surface area contributed by atoms with Crippen LogP contribution in [0.2, 0.25) is 0 Å². The molecule has 1 unspecified atom stereocenters. The van der Waals surface area contributed by atoms with E-state index >= 15 is 0 Å². The van der Waals surface area contributed by atoms with Gasteiger partial charge in [0, 0.05) is 37.0 Å².